The molecule has 4 N–H and O–H groups in total. The molecule has 6 heterocycles. The molecule has 18 heteroatoms. The van der Waals surface area contributed by atoms with Gasteiger partial charge in [-0.15, -0.1) is 0 Å². The molecule has 6 aromatic rings. The molecule has 0 saturated heterocycles. The van der Waals surface area contributed by atoms with Gasteiger partial charge >= 0.3 is 0 Å². The van der Waals surface area contributed by atoms with Gasteiger partial charge < -0.3 is 49.3 Å². The van der Waals surface area contributed by atoms with Crippen molar-refractivity contribution < 1.29 is 38.1 Å². The Morgan fingerprint density at radius 3 is 1.26 bits per heavy atom. The lowest BCUT2D eigenvalue weighted by Crippen LogP contribution is -2.22. The Morgan fingerprint density at radius 2 is 0.783 bits per heavy atom. The number of halogens is 2. The molecule has 14 rings (SSSR count). The van der Waals surface area contributed by atoms with Crippen molar-refractivity contribution in [3.8, 4) is 22.3 Å². The summed E-state index contributed by atoms with van der Waals surface area (Å²) < 4.78 is 27.5. The van der Waals surface area contributed by atoms with Gasteiger partial charge in [-0.3, -0.25) is 28.8 Å². The van der Waals surface area contributed by atoms with Crippen molar-refractivity contribution in [3.05, 3.63) is 159 Å². The van der Waals surface area contributed by atoms with Crippen LogP contribution in [-0.4, -0.2) is 57.2 Å². The Balaban J connectivity index is 0.000000127. The number of aryl methyl sites for hydroxylation is 6. The molecule has 0 unspecified atom stereocenters. The molecule has 4 fully saturated rings. The number of aromatic nitrogens is 2. The summed E-state index contributed by atoms with van der Waals surface area (Å²) in [5.74, 6) is 0.293. The van der Waals surface area contributed by atoms with Crippen LogP contribution in [0.5, 0.6) is 0 Å². The minimum absolute atomic E-state index is 0.0210. The van der Waals surface area contributed by atoms with Crippen molar-refractivity contribution in [1.29, 1.82) is 0 Å². The highest BCUT2D eigenvalue weighted by Gasteiger charge is 2.27. The minimum Gasteiger partial charge on any atom is -0.374 e. The van der Waals surface area contributed by atoms with Crippen molar-refractivity contribution in [2.45, 2.75) is 219 Å². The first-order chi connectivity index (χ1) is 44.5. The second-order valence-electron chi connectivity index (χ2n) is 26.2. The number of pyridine rings is 2. The Morgan fingerprint density at radius 1 is 0.402 bits per heavy atom. The number of hydrogen-bond acceptors (Lipinski definition) is 10. The van der Waals surface area contributed by atoms with Crippen molar-refractivity contribution >= 4 is 69.6 Å². The zero-order valence-electron chi connectivity index (χ0n) is 53.8. The van der Waals surface area contributed by atoms with Gasteiger partial charge in [0.25, 0.3) is 11.1 Å². The average molecular weight is 1290 g/mol. The van der Waals surface area contributed by atoms with Crippen LogP contribution in [0.3, 0.4) is 0 Å². The molecule has 8 aliphatic rings. The van der Waals surface area contributed by atoms with E-state index in [9.17, 15) is 28.8 Å². The van der Waals surface area contributed by atoms with Crippen LogP contribution in [0.25, 0.3) is 22.3 Å². The number of amides is 4. The summed E-state index contributed by atoms with van der Waals surface area (Å²) in [6.07, 6.45) is 29.4. The van der Waals surface area contributed by atoms with Gasteiger partial charge in [-0.25, -0.2) is 0 Å². The van der Waals surface area contributed by atoms with Crippen molar-refractivity contribution in [2.24, 2.45) is 14.1 Å². The van der Waals surface area contributed by atoms with E-state index in [2.05, 4.69) is 33.4 Å². The molecule has 0 spiro atoms. The fourth-order valence-electron chi connectivity index (χ4n) is 14.2. The molecule has 0 bridgehead atoms. The van der Waals surface area contributed by atoms with Gasteiger partial charge in [0.15, 0.2) is 0 Å². The molecule has 2 aromatic heterocycles. The first-order valence-electron chi connectivity index (χ1n) is 33.4. The van der Waals surface area contributed by atoms with E-state index in [0.717, 1.165) is 188 Å². The lowest BCUT2D eigenvalue weighted by atomic mass is 9.90. The van der Waals surface area contributed by atoms with Gasteiger partial charge in [-0.05, 0) is 207 Å². The fourth-order valence-corrected chi connectivity index (χ4v) is 14.6. The van der Waals surface area contributed by atoms with Crippen molar-refractivity contribution in [1.82, 2.24) is 9.13 Å². The third-order valence-corrected chi connectivity index (χ3v) is 20.1. The van der Waals surface area contributed by atoms with Crippen LogP contribution in [-0.2, 0) is 104 Å². The van der Waals surface area contributed by atoms with Crippen LogP contribution in [0.2, 0.25) is 10.0 Å². The van der Waals surface area contributed by atoms with E-state index in [0.29, 0.717) is 76.5 Å². The van der Waals surface area contributed by atoms with Crippen LogP contribution in [0.15, 0.2) is 82.6 Å². The maximum atomic E-state index is 12.1. The summed E-state index contributed by atoms with van der Waals surface area (Å²) >= 11 is 12.6. The summed E-state index contributed by atoms with van der Waals surface area (Å²) in [6, 6.07) is 19.8. The van der Waals surface area contributed by atoms with Crippen LogP contribution in [0.1, 0.15) is 184 Å². The molecule has 0 atom stereocenters. The monoisotopic (exact) mass is 1290 g/mol. The number of carbonyl (C=O) groups excluding carboxylic acids is 4. The third-order valence-electron chi connectivity index (χ3n) is 19.4. The predicted octanol–water partition coefficient (Wildman–Crippen LogP) is 14.8. The van der Waals surface area contributed by atoms with Gasteiger partial charge in [0, 0.05) is 102 Å². The zero-order chi connectivity index (χ0) is 64.4. The van der Waals surface area contributed by atoms with Gasteiger partial charge in [0.2, 0.25) is 23.6 Å². The number of fused-ring (bicyclic) bond motifs is 4. The first-order valence-corrected chi connectivity index (χ1v) is 34.2. The van der Waals surface area contributed by atoms with Crippen molar-refractivity contribution in [2.75, 3.05) is 21.3 Å². The second-order valence-corrected chi connectivity index (χ2v) is 27.0. The van der Waals surface area contributed by atoms with Gasteiger partial charge in [0.05, 0.1) is 50.8 Å². The average Bonchev–Trinajstić information content (AvgIpc) is 1.17. The van der Waals surface area contributed by atoms with Crippen LogP contribution >= 0.6 is 23.2 Å². The molecule has 4 aromatic carbocycles. The Kier molecular flexibility index (Phi) is 22.3. The SMILES string of the molecule is Cc1cc(-c2cc3c(cc2COC2CCCC2)NC(=O)CC3)cn(C)c1=O.Cc1cc(-c2ccc3c(c2COC2CCCC2)CCC(=O)N3)cn(C)c1=O.O=C1CCc2c(ccc(Cl)c2COC2CCCC2)N1.O=C1CCc2cc(Cl)c(COC3CCCC3)cc2N1. The van der Waals surface area contributed by atoms with E-state index in [-0.39, 0.29) is 34.7 Å². The van der Waals surface area contributed by atoms with E-state index in [1.165, 1.54) is 51.4 Å². The quantitative estimate of drug-likeness (QED) is 0.0814. The minimum atomic E-state index is 0.0210. The van der Waals surface area contributed by atoms with Crippen LogP contribution < -0.4 is 32.4 Å². The smallest absolute Gasteiger partial charge is 0.253 e. The number of hydrogen-bond donors (Lipinski definition) is 4. The number of carbonyl (C=O) groups is 4. The molecule has 4 aliphatic heterocycles. The highest BCUT2D eigenvalue weighted by atomic mass is 35.5. The maximum absolute atomic E-state index is 12.1. The first kappa shape index (κ1) is 66.5. The summed E-state index contributed by atoms with van der Waals surface area (Å²) in [4.78, 5) is 70.6. The fraction of sp³-hybridized carbons (Fsp3) is 0.486. The van der Waals surface area contributed by atoms with Gasteiger partial charge in [0.1, 0.15) is 0 Å². The molecule has 16 nitrogen and oxygen atoms in total. The number of benzene rings is 4. The zero-order valence-corrected chi connectivity index (χ0v) is 55.3. The molecule has 0 radical (unpaired) electrons. The Labute approximate surface area is 549 Å². The molecule has 488 valence electrons. The summed E-state index contributed by atoms with van der Waals surface area (Å²) in [5.41, 5.74) is 18.0. The lowest BCUT2D eigenvalue weighted by molar-refractivity contribution is -0.117. The van der Waals surface area contributed by atoms with Crippen LogP contribution in [0.4, 0.5) is 22.7 Å². The molecule has 92 heavy (non-hydrogen) atoms. The molecule has 4 saturated carbocycles. The standard InChI is InChI=1S/2C22H26N2O3.2C15H18ClNO2/c1-14-11-15(12-24(2)22(14)26)17-7-9-20-18(8-10-21(25)23-20)19(17)13-27-16-5-3-4-6-16;1-14-9-16(12-24(2)22(14)26)19-10-15-7-8-21(25)23-20(15)11-17(19)13-27-18-5-3-4-6-18;16-13-6-7-14-11(5-8-15(18)17-14)12(13)9-19-10-3-1-2-4-10;16-13-7-10-5-6-15(18)17-14(10)8-11(13)9-19-12-3-1-2-4-12/h7,9,11-12,16H,3-6,8,10,13H2,1-2H3,(H,23,25);9-12,18H,3-8,13H2,1-2H3,(H,23,25);6-7,10H,1-5,8-9H2,(H,17,18);7-8,12H,1-6,9H2,(H,17,18). The molecule has 4 amide bonds. The summed E-state index contributed by atoms with van der Waals surface area (Å²) in [5, 5.41) is 13.3. The van der Waals surface area contributed by atoms with E-state index in [4.69, 9.17) is 42.1 Å². The van der Waals surface area contributed by atoms with E-state index < -0.39 is 0 Å². The third kappa shape index (κ3) is 16.7. The highest BCUT2D eigenvalue weighted by molar-refractivity contribution is 6.32. The molecule has 4 aliphatic carbocycles. The Hall–Kier alpha value is -6.92. The van der Waals surface area contributed by atoms with E-state index >= 15 is 0 Å². The Bertz CT molecular complexity index is 3700. The number of ether oxygens (including phenoxy) is 4. The van der Waals surface area contributed by atoms with E-state index in [1.54, 1.807) is 23.2 Å². The largest absolute Gasteiger partial charge is 0.374 e. The highest BCUT2D eigenvalue weighted by Crippen LogP contribution is 2.39. The number of anilines is 4. The second kappa shape index (κ2) is 30.9. The maximum Gasteiger partial charge on any atom is 0.253 e. The van der Waals surface area contributed by atoms with Crippen LogP contribution in [0, 0.1) is 13.8 Å². The summed E-state index contributed by atoms with van der Waals surface area (Å²) in [6.45, 7) is 5.85. The van der Waals surface area contributed by atoms with Crippen molar-refractivity contribution in [3.63, 3.8) is 0 Å². The molecular weight excluding hydrogens is 1200 g/mol. The van der Waals surface area contributed by atoms with Gasteiger partial charge in [-0.1, -0.05) is 80.6 Å². The lowest BCUT2D eigenvalue weighted by Gasteiger charge is -2.24. The van der Waals surface area contributed by atoms with E-state index in [1.807, 2.05) is 74.8 Å². The topological polar surface area (TPSA) is 197 Å². The number of nitrogens with one attached hydrogen (secondary N) is 4. The molecular formula is C74H88Cl2N6O10. The normalized spacial score (nSPS) is 18.0. The summed E-state index contributed by atoms with van der Waals surface area (Å²) in [7, 11) is 3.57. The number of rotatable bonds is 14. The predicted molar refractivity (Wildman–Crippen MR) is 363 cm³/mol. The number of nitrogens with zero attached hydrogens (tertiary/aromatic N) is 2. The van der Waals surface area contributed by atoms with Gasteiger partial charge in [-0.2, -0.15) is 0 Å².